The van der Waals surface area contributed by atoms with Crippen LogP contribution in [-0.2, 0) is 4.74 Å². The van der Waals surface area contributed by atoms with E-state index in [0.717, 1.165) is 28.2 Å². The van der Waals surface area contributed by atoms with E-state index in [0.29, 0.717) is 0 Å². The van der Waals surface area contributed by atoms with Gasteiger partial charge in [-0.15, -0.1) is 16.4 Å². The monoisotopic (exact) mass is 388 g/mol. The summed E-state index contributed by atoms with van der Waals surface area (Å²) in [6.45, 7) is 0.954. The SMILES string of the molecule is CN(C)c1ccc([C@@H]2[NH2+]C[C@H](CSc3n[nH]c(-c4cccs4)n3)O2)cc1. The highest BCUT2D eigenvalue weighted by Gasteiger charge is 2.30. The van der Waals surface area contributed by atoms with E-state index in [-0.39, 0.29) is 12.3 Å². The van der Waals surface area contributed by atoms with Crippen molar-refractivity contribution in [1.82, 2.24) is 15.2 Å². The van der Waals surface area contributed by atoms with Crippen molar-refractivity contribution in [1.29, 1.82) is 0 Å². The lowest BCUT2D eigenvalue weighted by Gasteiger charge is -2.14. The lowest BCUT2D eigenvalue weighted by molar-refractivity contribution is -0.697. The van der Waals surface area contributed by atoms with E-state index < -0.39 is 0 Å². The summed E-state index contributed by atoms with van der Waals surface area (Å²) in [6.07, 6.45) is 0.271. The standard InChI is InChI=1S/C18H21N5OS2/c1-23(2)13-7-5-12(6-8-13)17-19-10-14(24-17)11-26-18-20-16(21-22-18)15-4-3-9-25-15/h3-9,14,17,19H,10-11H2,1-2H3,(H,20,21,22)/p+1/t14-,17-/m1/s1. The Morgan fingerprint density at radius 3 is 2.88 bits per heavy atom. The molecule has 0 radical (unpaired) electrons. The number of ether oxygens (including phenoxy) is 1. The number of quaternary nitrogens is 1. The molecule has 3 aromatic rings. The molecule has 0 bridgehead atoms. The minimum atomic E-state index is 0.0747. The summed E-state index contributed by atoms with van der Waals surface area (Å²) in [5, 5.41) is 12.4. The van der Waals surface area contributed by atoms with Gasteiger partial charge >= 0.3 is 0 Å². The second-order valence-corrected chi connectivity index (χ2v) is 8.33. The summed E-state index contributed by atoms with van der Waals surface area (Å²) >= 11 is 3.30. The lowest BCUT2D eigenvalue weighted by Crippen LogP contribution is -2.82. The van der Waals surface area contributed by atoms with E-state index in [4.69, 9.17) is 4.74 Å². The molecule has 0 spiro atoms. The topological polar surface area (TPSA) is 70.7 Å². The molecule has 8 heteroatoms. The summed E-state index contributed by atoms with van der Waals surface area (Å²) in [5.41, 5.74) is 2.41. The van der Waals surface area contributed by atoms with Crippen LogP contribution in [0.5, 0.6) is 0 Å². The van der Waals surface area contributed by atoms with Gasteiger partial charge in [0.2, 0.25) is 11.4 Å². The average molecular weight is 389 g/mol. The molecular weight excluding hydrogens is 366 g/mol. The van der Waals surface area contributed by atoms with Crippen LogP contribution in [0.1, 0.15) is 11.8 Å². The largest absolute Gasteiger partial charge is 0.378 e. The third-order valence-corrected chi connectivity index (χ3v) is 6.16. The van der Waals surface area contributed by atoms with Gasteiger partial charge in [0.25, 0.3) is 0 Å². The van der Waals surface area contributed by atoms with Gasteiger partial charge in [-0.05, 0) is 35.7 Å². The molecule has 1 aromatic carbocycles. The summed E-state index contributed by atoms with van der Waals surface area (Å²) in [4.78, 5) is 7.76. The maximum absolute atomic E-state index is 6.19. The Balaban J connectivity index is 1.30. The van der Waals surface area contributed by atoms with Gasteiger partial charge in [0.1, 0.15) is 12.6 Å². The number of aromatic amines is 1. The predicted molar refractivity (Wildman–Crippen MR) is 106 cm³/mol. The molecule has 4 rings (SSSR count). The highest BCUT2D eigenvalue weighted by atomic mass is 32.2. The van der Waals surface area contributed by atoms with Gasteiger partial charge in [-0.3, -0.25) is 5.10 Å². The van der Waals surface area contributed by atoms with Gasteiger partial charge < -0.3 is 15.0 Å². The third-order valence-electron chi connectivity index (χ3n) is 4.31. The molecule has 26 heavy (non-hydrogen) atoms. The Labute approximate surface area is 161 Å². The number of hydrogen-bond donors (Lipinski definition) is 2. The van der Waals surface area contributed by atoms with Crippen LogP contribution in [0.25, 0.3) is 10.7 Å². The van der Waals surface area contributed by atoms with Gasteiger partial charge in [0, 0.05) is 31.1 Å². The summed E-state index contributed by atoms with van der Waals surface area (Å²) in [5.74, 6) is 1.69. The number of nitrogens with two attached hydrogens (primary N) is 1. The minimum absolute atomic E-state index is 0.0747. The number of thioether (sulfide) groups is 1. The van der Waals surface area contributed by atoms with Gasteiger partial charge in [0.05, 0.1) is 4.88 Å². The van der Waals surface area contributed by atoms with E-state index >= 15 is 0 Å². The molecular formula is C18H22N5OS2+. The van der Waals surface area contributed by atoms with Crippen LogP contribution < -0.4 is 10.2 Å². The first-order valence-electron chi connectivity index (χ1n) is 8.54. The summed E-state index contributed by atoms with van der Waals surface area (Å²) < 4.78 is 6.19. The molecule has 0 aliphatic carbocycles. The minimum Gasteiger partial charge on any atom is -0.378 e. The molecule has 3 heterocycles. The zero-order chi connectivity index (χ0) is 17.9. The number of nitrogens with zero attached hydrogens (tertiary/aromatic N) is 3. The fraction of sp³-hybridized carbons (Fsp3) is 0.333. The number of thiophene rings is 1. The van der Waals surface area contributed by atoms with Crippen LogP contribution in [0.3, 0.4) is 0 Å². The maximum Gasteiger partial charge on any atom is 0.217 e. The molecule has 2 aromatic heterocycles. The van der Waals surface area contributed by atoms with E-state index in [2.05, 4.69) is 49.7 Å². The van der Waals surface area contributed by atoms with Gasteiger partial charge in [-0.1, -0.05) is 17.8 Å². The van der Waals surface area contributed by atoms with Gasteiger partial charge in [-0.25, -0.2) is 4.98 Å². The van der Waals surface area contributed by atoms with Crippen molar-refractivity contribution in [2.24, 2.45) is 0 Å². The van der Waals surface area contributed by atoms with Crippen LogP contribution in [0.4, 0.5) is 5.69 Å². The van der Waals surface area contributed by atoms with Crippen molar-refractivity contribution in [3.05, 3.63) is 47.3 Å². The Kier molecular flexibility index (Phi) is 5.26. The first-order chi connectivity index (χ1) is 12.7. The lowest BCUT2D eigenvalue weighted by atomic mass is 10.2. The smallest absolute Gasteiger partial charge is 0.217 e. The van der Waals surface area contributed by atoms with Crippen molar-refractivity contribution in [3.8, 4) is 10.7 Å². The van der Waals surface area contributed by atoms with Gasteiger partial charge in [0.15, 0.2) is 5.82 Å². The Bertz CT molecular complexity index is 832. The van der Waals surface area contributed by atoms with Crippen LogP contribution in [-0.4, -0.2) is 47.7 Å². The average Bonchev–Trinajstić information content (AvgIpc) is 3.40. The number of benzene rings is 1. The van der Waals surface area contributed by atoms with E-state index in [1.165, 1.54) is 11.3 Å². The highest BCUT2D eigenvalue weighted by Crippen LogP contribution is 2.25. The number of anilines is 1. The molecule has 0 saturated carbocycles. The summed E-state index contributed by atoms with van der Waals surface area (Å²) in [6, 6.07) is 12.6. The quantitative estimate of drug-likeness (QED) is 0.635. The van der Waals surface area contributed by atoms with Crippen molar-refractivity contribution in [2.75, 3.05) is 31.3 Å². The Morgan fingerprint density at radius 1 is 1.31 bits per heavy atom. The molecule has 0 amide bonds. The fourth-order valence-electron chi connectivity index (χ4n) is 2.88. The van der Waals surface area contributed by atoms with Crippen molar-refractivity contribution in [3.63, 3.8) is 0 Å². The van der Waals surface area contributed by atoms with Crippen molar-refractivity contribution in [2.45, 2.75) is 17.5 Å². The third kappa shape index (κ3) is 3.93. The predicted octanol–water partition coefficient (Wildman–Crippen LogP) is 2.35. The first-order valence-corrected chi connectivity index (χ1v) is 10.4. The molecule has 3 N–H and O–H groups in total. The summed E-state index contributed by atoms with van der Waals surface area (Å²) in [7, 11) is 4.10. The number of rotatable bonds is 6. The number of aromatic nitrogens is 3. The van der Waals surface area contributed by atoms with Crippen LogP contribution >= 0.6 is 23.1 Å². The van der Waals surface area contributed by atoms with Crippen LogP contribution in [0.15, 0.2) is 46.9 Å². The molecule has 1 aliphatic rings. The fourth-order valence-corrected chi connectivity index (χ4v) is 4.36. The maximum atomic E-state index is 6.19. The Hall–Kier alpha value is -1.87. The normalized spacial score (nSPS) is 19.8. The van der Waals surface area contributed by atoms with Crippen LogP contribution in [0, 0.1) is 0 Å². The highest BCUT2D eigenvalue weighted by molar-refractivity contribution is 7.99. The molecule has 1 saturated heterocycles. The second kappa shape index (κ2) is 7.79. The van der Waals surface area contributed by atoms with Crippen molar-refractivity contribution >= 4 is 28.8 Å². The van der Waals surface area contributed by atoms with Crippen molar-refractivity contribution < 1.29 is 10.1 Å². The van der Waals surface area contributed by atoms with E-state index in [9.17, 15) is 0 Å². The zero-order valence-electron chi connectivity index (χ0n) is 14.8. The second-order valence-electron chi connectivity index (χ2n) is 6.39. The first kappa shape index (κ1) is 17.5. The van der Waals surface area contributed by atoms with Gasteiger partial charge in [-0.2, -0.15) is 0 Å². The zero-order valence-corrected chi connectivity index (χ0v) is 16.4. The molecule has 6 nitrogen and oxygen atoms in total. The number of H-pyrrole nitrogens is 1. The Morgan fingerprint density at radius 2 is 2.15 bits per heavy atom. The van der Waals surface area contributed by atoms with Crippen LogP contribution in [0.2, 0.25) is 0 Å². The number of hydrogen-bond acceptors (Lipinski definition) is 6. The molecule has 1 aliphatic heterocycles. The van der Waals surface area contributed by atoms with E-state index in [1.807, 2.05) is 31.6 Å². The molecule has 0 unspecified atom stereocenters. The molecule has 1 fully saturated rings. The molecule has 136 valence electrons. The van der Waals surface area contributed by atoms with E-state index in [1.54, 1.807) is 23.1 Å². The molecule has 2 atom stereocenters. The number of nitrogens with one attached hydrogen (secondary N) is 1.